The third-order valence-corrected chi connectivity index (χ3v) is 2.48. The maximum absolute atomic E-state index is 10.4. The van der Waals surface area contributed by atoms with Crippen LogP contribution in [0.25, 0.3) is 6.08 Å². The Hall–Kier alpha value is -1.29. The number of carboxylic acid groups (broad SMARTS) is 1. The molecule has 0 fully saturated rings. The molecule has 3 nitrogen and oxygen atoms in total. The fraction of sp³-hybridized carbons (Fsp3) is 0.250. The molecule has 0 spiro atoms. The minimum atomic E-state index is -0.971. The van der Waals surface area contributed by atoms with Crippen LogP contribution in [0.15, 0.2) is 28.7 Å². The largest absolute Gasteiger partial charge is 0.492 e. The molecule has 1 N–H and O–H groups in total. The molecular weight excluding hydrogens is 272 g/mol. The fourth-order valence-corrected chi connectivity index (χ4v) is 1.67. The zero-order chi connectivity index (χ0) is 12.0. The Labute approximate surface area is 103 Å². The van der Waals surface area contributed by atoms with E-state index < -0.39 is 5.97 Å². The minimum Gasteiger partial charge on any atom is -0.492 e. The van der Waals surface area contributed by atoms with Crippen molar-refractivity contribution >= 4 is 28.0 Å². The molecular formula is C12H13BrO3. The maximum atomic E-state index is 10.4. The van der Waals surface area contributed by atoms with Gasteiger partial charge in [-0.3, -0.25) is 0 Å². The van der Waals surface area contributed by atoms with E-state index in [2.05, 4.69) is 15.9 Å². The number of halogens is 1. The number of benzene rings is 1. The van der Waals surface area contributed by atoms with Crippen molar-refractivity contribution in [2.24, 2.45) is 0 Å². The molecule has 0 aliphatic heterocycles. The number of aliphatic carboxylic acids is 1. The maximum Gasteiger partial charge on any atom is 0.328 e. The smallest absolute Gasteiger partial charge is 0.328 e. The van der Waals surface area contributed by atoms with Crippen molar-refractivity contribution in [1.29, 1.82) is 0 Å². The van der Waals surface area contributed by atoms with Crippen LogP contribution >= 0.6 is 15.9 Å². The van der Waals surface area contributed by atoms with Gasteiger partial charge in [0.15, 0.2) is 0 Å². The highest BCUT2D eigenvalue weighted by Gasteiger charge is 2.05. The van der Waals surface area contributed by atoms with E-state index in [-0.39, 0.29) is 0 Å². The number of carboxylic acids is 1. The molecule has 0 aromatic heterocycles. The van der Waals surface area contributed by atoms with Crippen LogP contribution in [-0.2, 0) is 4.79 Å². The number of para-hydroxylation sites is 1. The summed E-state index contributed by atoms with van der Waals surface area (Å²) in [6, 6.07) is 5.52. The van der Waals surface area contributed by atoms with Gasteiger partial charge >= 0.3 is 5.97 Å². The normalized spacial score (nSPS) is 10.6. The Morgan fingerprint density at radius 1 is 1.56 bits per heavy atom. The summed E-state index contributed by atoms with van der Waals surface area (Å²) in [5, 5.41) is 8.57. The van der Waals surface area contributed by atoms with Crippen molar-refractivity contribution in [2.75, 3.05) is 6.61 Å². The lowest BCUT2D eigenvalue weighted by Gasteiger charge is -2.09. The first-order valence-corrected chi connectivity index (χ1v) is 5.76. The number of ether oxygens (including phenoxy) is 1. The summed E-state index contributed by atoms with van der Waals surface area (Å²) >= 11 is 3.38. The van der Waals surface area contributed by atoms with Gasteiger partial charge in [0, 0.05) is 11.6 Å². The summed E-state index contributed by atoms with van der Waals surface area (Å²) in [4.78, 5) is 10.4. The highest BCUT2D eigenvalue weighted by Crippen LogP contribution is 2.30. The molecule has 0 saturated carbocycles. The second-order valence-electron chi connectivity index (χ2n) is 3.18. The second-order valence-corrected chi connectivity index (χ2v) is 4.03. The van der Waals surface area contributed by atoms with Crippen LogP contribution < -0.4 is 4.74 Å². The van der Waals surface area contributed by atoms with Crippen molar-refractivity contribution in [3.05, 3.63) is 34.3 Å². The van der Waals surface area contributed by atoms with Gasteiger partial charge in [0.1, 0.15) is 5.75 Å². The van der Waals surface area contributed by atoms with E-state index in [1.807, 2.05) is 25.1 Å². The van der Waals surface area contributed by atoms with E-state index >= 15 is 0 Å². The molecule has 1 rings (SSSR count). The molecule has 0 radical (unpaired) electrons. The predicted molar refractivity (Wildman–Crippen MR) is 66.6 cm³/mol. The van der Waals surface area contributed by atoms with Crippen molar-refractivity contribution in [3.8, 4) is 5.75 Å². The van der Waals surface area contributed by atoms with Gasteiger partial charge in [0.2, 0.25) is 0 Å². The van der Waals surface area contributed by atoms with E-state index in [0.717, 1.165) is 22.5 Å². The van der Waals surface area contributed by atoms with E-state index in [9.17, 15) is 4.79 Å². The van der Waals surface area contributed by atoms with Crippen LogP contribution in [0.2, 0.25) is 0 Å². The molecule has 1 aromatic carbocycles. The van der Waals surface area contributed by atoms with Gasteiger partial charge in [-0.2, -0.15) is 0 Å². The average Bonchev–Trinajstić information content (AvgIpc) is 2.25. The summed E-state index contributed by atoms with van der Waals surface area (Å²) in [7, 11) is 0. The van der Waals surface area contributed by atoms with Crippen LogP contribution in [0.3, 0.4) is 0 Å². The van der Waals surface area contributed by atoms with E-state index in [1.165, 1.54) is 6.08 Å². The summed E-state index contributed by atoms with van der Waals surface area (Å²) < 4.78 is 6.39. The van der Waals surface area contributed by atoms with Crippen molar-refractivity contribution < 1.29 is 14.6 Å². The lowest BCUT2D eigenvalue weighted by atomic mass is 10.2. The summed E-state index contributed by atoms with van der Waals surface area (Å²) in [5.41, 5.74) is 0.755. The molecule has 1 aromatic rings. The first kappa shape index (κ1) is 12.8. The van der Waals surface area contributed by atoms with E-state index in [0.29, 0.717) is 12.4 Å². The topological polar surface area (TPSA) is 46.5 Å². The van der Waals surface area contributed by atoms with Crippen LogP contribution in [0.1, 0.15) is 18.9 Å². The molecule has 0 atom stereocenters. The van der Waals surface area contributed by atoms with Crippen LogP contribution in [0.5, 0.6) is 5.75 Å². The van der Waals surface area contributed by atoms with Crippen molar-refractivity contribution in [1.82, 2.24) is 0 Å². The molecule has 0 unspecified atom stereocenters. The van der Waals surface area contributed by atoms with Crippen molar-refractivity contribution in [3.63, 3.8) is 0 Å². The predicted octanol–water partition coefficient (Wildman–Crippen LogP) is 3.34. The Kier molecular flexibility index (Phi) is 5.05. The highest BCUT2D eigenvalue weighted by atomic mass is 79.9. The van der Waals surface area contributed by atoms with Gasteiger partial charge in [-0.25, -0.2) is 4.79 Å². The van der Waals surface area contributed by atoms with Gasteiger partial charge in [0.25, 0.3) is 0 Å². The Morgan fingerprint density at radius 2 is 2.31 bits per heavy atom. The minimum absolute atomic E-state index is 0.608. The Balaban J connectivity index is 2.97. The first-order chi connectivity index (χ1) is 7.65. The quantitative estimate of drug-likeness (QED) is 0.844. The molecule has 0 amide bonds. The van der Waals surface area contributed by atoms with Crippen molar-refractivity contribution in [2.45, 2.75) is 13.3 Å². The van der Waals surface area contributed by atoms with Gasteiger partial charge < -0.3 is 9.84 Å². The fourth-order valence-electron chi connectivity index (χ4n) is 1.17. The second kappa shape index (κ2) is 6.33. The zero-order valence-corrected chi connectivity index (χ0v) is 10.5. The molecule has 0 bridgehead atoms. The van der Waals surface area contributed by atoms with Crippen LogP contribution in [0, 0.1) is 0 Å². The summed E-state index contributed by atoms with van der Waals surface area (Å²) in [6.45, 7) is 2.63. The van der Waals surface area contributed by atoms with Gasteiger partial charge in [-0.15, -0.1) is 0 Å². The number of rotatable bonds is 5. The SMILES string of the molecule is CCCOc1c(Br)cccc1C=CC(=O)O. The Morgan fingerprint density at radius 3 is 2.94 bits per heavy atom. The first-order valence-electron chi connectivity index (χ1n) is 4.97. The van der Waals surface area contributed by atoms with E-state index in [4.69, 9.17) is 9.84 Å². The number of hydrogen-bond acceptors (Lipinski definition) is 2. The van der Waals surface area contributed by atoms with Gasteiger partial charge in [-0.05, 0) is 34.5 Å². The molecule has 16 heavy (non-hydrogen) atoms. The molecule has 4 heteroatoms. The molecule has 0 saturated heterocycles. The summed E-state index contributed by atoms with van der Waals surface area (Å²) in [5.74, 6) is -0.289. The standard InChI is InChI=1S/C12H13BrO3/c1-2-8-16-12-9(6-7-11(14)15)4-3-5-10(12)13/h3-7H,2,8H2,1H3,(H,14,15). The third-order valence-electron chi connectivity index (χ3n) is 1.85. The molecule has 0 aliphatic carbocycles. The van der Waals surface area contributed by atoms with Gasteiger partial charge in [0.05, 0.1) is 11.1 Å². The third kappa shape index (κ3) is 3.70. The number of hydrogen-bond donors (Lipinski definition) is 1. The monoisotopic (exact) mass is 284 g/mol. The molecule has 0 heterocycles. The molecule has 0 aliphatic rings. The lowest BCUT2D eigenvalue weighted by molar-refractivity contribution is -0.131. The highest BCUT2D eigenvalue weighted by molar-refractivity contribution is 9.10. The Bertz CT molecular complexity index is 399. The summed E-state index contributed by atoms with van der Waals surface area (Å²) in [6.07, 6.45) is 3.53. The lowest BCUT2D eigenvalue weighted by Crippen LogP contribution is -1.98. The average molecular weight is 285 g/mol. The van der Waals surface area contributed by atoms with Gasteiger partial charge in [-0.1, -0.05) is 19.1 Å². The number of carbonyl (C=O) groups is 1. The van der Waals surface area contributed by atoms with Crippen LogP contribution in [0.4, 0.5) is 0 Å². The molecule has 86 valence electrons. The van der Waals surface area contributed by atoms with Crippen LogP contribution in [-0.4, -0.2) is 17.7 Å². The van der Waals surface area contributed by atoms with E-state index in [1.54, 1.807) is 0 Å². The zero-order valence-electron chi connectivity index (χ0n) is 8.94.